The highest BCUT2D eigenvalue weighted by molar-refractivity contribution is 7.07. The van der Waals surface area contributed by atoms with Crippen LogP contribution in [0.25, 0.3) is 0 Å². The summed E-state index contributed by atoms with van der Waals surface area (Å²) >= 11 is 1.73. The Balaban J connectivity index is 1.94. The summed E-state index contributed by atoms with van der Waals surface area (Å²) in [5, 5.41) is 11.0. The highest BCUT2D eigenvalue weighted by Gasteiger charge is 2.05. The second-order valence-corrected chi connectivity index (χ2v) is 7.09. The van der Waals surface area contributed by atoms with Crippen molar-refractivity contribution in [2.24, 2.45) is 4.99 Å². The minimum absolute atomic E-state index is 0.577. The van der Waals surface area contributed by atoms with Gasteiger partial charge in [0.2, 0.25) is 0 Å². The van der Waals surface area contributed by atoms with Gasteiger partial charge in [-0.3, -0.25) is 0 Å². The van der Waals surface area contributed by atoms with E-state index in [0.717, 1.165) is 43.2 Å². The van der Waals surface area contributed by atoms with E-state index < -0.39 is 0 Å². The number of thiophene rings is 1. The molecule has 2 rings (SSSR count). The van der Waals surface area contributed by atoms with E-state index in [2.05, 4.69) is 59.5 Å². The van der Waals surface area contributed by atoms with Gasteiger partial charge in [-0.25, -0.2) is 4.99 Å². The molecule has 0 fully saturated rings. The van der Waals surface area contributed by atoms with Crippen LogP contribution in [0.4, 0.5) is 0 Å². The highest BCUT2D eigenvalue weighted by Crippen LogP contribution is 2.21. The van der Waals surface area contributed by atoms with Crippen LogP contribution in [0.3, 0.4) is 0 Å². The molecule has 148 valence electrons. The Labute approximate surface area is 166 Å². The molecule has 0 aliphatic heterocycles. The average molecular weight is 390 g/mol. The molecule has 1 aromatic heterocycles. The Bertz CT molecular complexity index is 687. The smallest absolute Gasteiger partial charge is 0.191 e. The fourth-order valence-electron chi connectivity index (χ4n) is 2.58. The number of benzene rings is 1. The van der Waals surface area contributed by atoms with Crippen molar-refractivity contribution in [3.05, 3.63) is 51.7 Å². The van der Waals surface area contributed by atoms with Gasteiger partial charge in [-0.05, 0) is 54.3 Å². The van der Waals surface area contributed by atoms with Gasteiger partial charge in [0.25, 0.3) is 0 Å². The maximum Gasteiger partial charge on any atom is 0.191 e. The molecule has 0 saturated heterocycles. The largest absolute Gasteiger partial charge is 0.493 e. The summed E-state index contributed by atoms with van der Waals surface area (Å²) in [7, 11) is 1.71. The summed E-state index contributed by atoms with van der Waals surface area (Å²) in [6.07, 6.45) is 1.87. The Kier molecular flexibility index (Phi) is 9.73. The third-order valence-corrected chi connectivity index (χ3v) is 4.74. The lowest BCUT2D eigenvalue weighted by Gasteiger charge is -2.13. The van der Waals surface area contributed by atoms with Crippen LogP contribution in [0.5, 0.6) is 5.75 Å². The number of aryl methyl sites for hydroxylation is 1. The Hall–Kier alpha value is -2.05. The van der Waals surface area contributed by atoms with Crippen molar-refractivity contribution in [2.75, 3.05) is 33.4 Å². The van der Waals surface area contributed by atoms with Crippen LogP contribution in [0.2, 0.25) is 0 Å². The van der Waals surface area contributed by atoms with Gasteiger partial charge >= 0.3 is 0 Å². The quantitative estimate of drug-likeness (QED) is 0.349. The number of methoxy groups -OCH3 is 1. The molecule has 2 aromatic rings. The number of guanidine groups is 1. The minimum Gasteiger partial charge on any atom is -0.493 e. The summed E-state index contributed by atoms with van der Waals surface area (Å²) in [6.45, 7) is 7.77. The molecule has 1 heterocycles. The fraction of sp³-hybridized carbons (Fsp3) is 0.476. The highest BCUT2D eigenvalue weighted by atomic mass is 32.1. The zero-order valence-corrected chi connectivity index (χ0v) is 17.4. The second kappa shape index (κ2) is 12.4. The van der Waals surface area contributed by atoms with Gasteiger partial charge in [0.1, 0.15) is 5.75 Å². The van der Waals surface area contributed by atoms with Gasteiger partial charge in [0.15, 0.2) is 5.96 Å². The first kappa shape index (κ1) is 21.3. The van der Waals surface area contributed by atoms with Crippen molar-refractivity contribution >= 4 is 17.3 Å². The first-order valence-electron chi connectivity index (χ1n) is 9.47. The van der Waals surface area contributed by atoms with Crippen LogP contribution in [0, 0.1) is 6.92 Å². The lowest BCUT2D eigenvalue weighted by molar-refractivity contribution is 0.172. The second-order valence-electron chi connectivity index (χ2n) is 6.31. The molecule has 1 aromatic carbocycles. The molecule has 0 saturated carbocycles. The molecular weight excluding hydrogens is 358 g/mol. The van der Waals surface area contributed by atoms with Crippen LogP contribution in [-0.4, -0.2) is 39.4 Å². The number of hydrogen-bond donors (Lipinski definition) is 2. The van der Waals surface area contributed by atoms with E-state index in [4.69, 9.17) is 14.5 Å². The van der Waals surface area contributed by atoms with Crippen molar-refractivity contribution in [3.8, 4) is 5.75 Å². The van der Waals surface area contributed by atoms with E-state index >= 15 is 0 Å². The molecule has 0 atom stereocenters. The van der Waals surface area contributed by atoms with Crippen molar-refractivity contribution in [1.82, 2.24) is 10.6 Å². The van der Waals surface area contributed by atoms with Gasteiger partial charge in [-0.15, -0.1) is 0 Å². The third kappa shape index (κ3) is 8.01. The van der Waals surface area contributed by atoms with Gasteiger partial charge in [0, 0.05) is 38.8 Å². The molecule has 6 heteroatoms. The Morgan fingerprint density at radius 1 is 1.19 bits per heavy atom. The van der Waals surface area contributed by atoms with Crippen molar-refractivity contribution in [1.29, 1.82) is 0 Å². The summed E-state index contributed by atoms with van der Waals surface area (Å²) < 4.78 is 11.0. The maximum absolute atomic E-state index is 5.95. The normalized spacial score (nSPS) is 11.4. The van der Waals surface area contributed by atoms with Crippen LogP contribution >= 0.6 is 11.3 Å². The fourth-order valence-corrected chi connectivity index (χ4v) is 3.28. The molecule has 0 spiro atoms. The van der Waals surface area contributed by atoms with Crippen LogP contribution < -0.4 is 15.4 Å². The Morgan fingerprint density at radius 3 is 2.81 bits per heavy atom. The van der Waals surface area contributed by atoms with Gasteiger partial charge in [-0.1, -0.05) is 12.1 Å². The average Bonchev–Trinajstić information content (AvgIpc) is 3.18. The summed E-state index contributed by atoms with van der Waals surface area (Å²) in [5.74, 6) is 1.74. The number of rotatable bonds is 11. The van der Waals surface area contributed by atoms with Crippen LogP contribution in [0.1, 0.15) is 30.0 Å². The number of aliphatic imine (C=N–C) groups is 1. The van der Waals surface area contributed by atoms with E-state index in [0.29, 0.717) is 19.8 Å². The predicted octanol–water partition coefficient (Wildman–Crippen LogP) is 3.77. The Morgan fingerprint density at radius 2 is 2.07 bits per heavy atom. The molecular formula is C21H31N3O2S. The molecule has 0 amide bonds. The first-order chi connectivity index (χ1) is 13.2. The van der Waals surface area contributed by atoms with E-state index in [1.165, 1.54) is 11.1 Å². The molecule has 2 N–H and O–H groups in total. The van der Waals surface area contributed by atoms with E-state index in [1.807, 2.05) is 0 Å². The van der Waals surface area contributed by atoms with E-state index in [1.54, 1.807) is 18.4 Å². The summed E-state index contributed by atoms with van der Waals surface area (Å²) in [5.41, 5.74) is 3.63. The number of ether oxygens (including phenoxy) is 2. The number of nitrogens with zero attached hydrogens (tertiary/aromatic N) is 1. The number of hydrogen-bond acceptors (Lipinski definition) is 4. The predicted molar refractivity (Wildman–Crippen MR) is 114 cm³/mol. The number of nitrogens with one attached hydrogen (secondary N) is 2. The molecule has 0 bridgehead atoms. The topological polar surface area (TPSA) is 54.9 Å². The molecule has 0 aliphatic rings. The summed E-state index contributed by atoms with van der Waals surface area (Å²) in [4.78, 5) is 4.73. The van der Waals surface area contributed by atoms with Crippen molar-refractivity contribution in [2.45, 2.75) is 33.2 Å². The van der Waals surface area contributed by atoms with E-state index in [9.17, 15) is 0 Å². The van der Waals surface area contributed by atoms with Crippen LogP contribution in [0.15, 0.2) is 40.0 Å². The van der Waals surface area contributed by atoms with Gasteiger partial charge < -0.3 is 20.1 Å². The lowest BCUT2D eigenvalue weighted by atomic mass is 10.1. The SMILES string of the molecule is CCNC(=NCc1ccc(C)cc1OCCCOC)NCCc1ccsc1. The third-order valence-electron chi connectivity index (χ3n) is 4.01. The molecule has 27 heavy (non-hydrogen) atoms. The zero-order chi connectivity index (χ0) is 19.3. The first-order valence-corrected chi connectivity index (χ1v) is 10.4. The standard InChI is InChI=1S/C21H31N3O2S/c1-4-22-21(23-10-8-18-9-13-27-16-18)24-15-19-7-6-17(2)14-20(19)26-12-5-11-25-3/h6-7,9,13-14,16H,4-5,8,10-12,15H2,1-3H3,(H2,22,23,24). The molecule has 0 unspecified atom stereocenters. The van der Waals surface area contributed by atoms with Crippen LogP contribution in [-0.2, 0) is 17.7 Å². The monoisotopic (exact) mass is 389 g/mol. The van der Waals surface area contributed by atoms with Gasteiger partial charge in [-0.2, -0.15) is 11.3 Å². The zero-order valence-electron chi connectivity index (χ0n) is 16.6. The van der Waals surface area contributed by atoms with Crippen molar-refractivity contribution in [3.63, 3.8) is 0 Å². The van der Waals surface area contributed by atoms with Gasteiger partial charge in [0.05, 0.1) is 13.2 Å². The molecule has 5 nitrogen and oxygen atoms in total. The summed E-state index contributed by atoms with van der Waals surface area (Å²) in [6, 6.07) is 8.44. The minimum atomic E-state index is 0.577. The van der Waals surface area contributed by atoms with Crippen molar-refractivity contribution < 1.29 is 9.47 Å². The molecule has 0 radical (unpaired) electrons. The van der Waals surface area contributed by atoms with E-state index in [-0.39, 0.29) is 0 Å². The molecule has 0 aliphatic carbocycles. The maximum atomic E-state index is 5.95. The lowest BCUT2D eigenvalue weighted by Crippen LogP contribution is -2.38.